The standard InChI is InChI=1S/C17H23N3O5S/c1-18-17(22)20(10-6-7-11-25-2)16(21)14-13(15(14)19-26(23)24)12-8-4-3-5-9-12/h3-5,8-9,13-15H,6-7,10-11H2,1-2H3,(H,18,22). The second-order valence-corrected chi connectivity index (χ2v) is 6.67. The molecule has 1 aliphatic rings. The number of hydrogen-bond acceptors (Lipinski definition) is 6. The van der Waals surface area contributed by atoms with E-state index in [0.29, 0.717) is 19.4 Å². The zero-order valence-electron chi connectivity index (χ0n) is 14.8. The van der Waals surface area contributed by atoms with Gasteiger partial charge in [0.05, 0.1) is 12.0 Å². The zero-order chi connectivity index (χ0) is 19.1. The summed E-state index contributed by atoms with van der Waals surface area (Å²) in [5, 5.41) is 2.46. The van der Waals surface area contributed by atoms with Crippen molar-refractivity contribution in [2.45, 2.75) is 24.8 Å². The Balaban J connectivity index is 2.19. The van der Waals surface area contributed by atoms with Gasteiger partial charge in [0.25, 0.3) is 0 Å². The number of benzene rings is 1. The topological polar surface area (TPSA) is 105 Å². The molecule has 0 bridgehead atoms. The first-order valence-corrected chi connectivity index (χ1v) is 9.41. The maximum atomic E-state index is 12.9. The van der Waals surface area contributed by atoms with Crippen LogP contribution in [-0.2, 0) is 20.0 Å². The Morgan fingerprint density at radius 1 is 1.23 bits per heavy atom. The largest absolute Gasteiger partial charge is 0.385 e. The Bertz CT molecular complexity index is 758. The predicted molar refractivity (Wildman–Crippen MR) is 95.1 cm³/mol. The van der Waals surface area contributed by atoms with Gasteiger partial charge in [-0.15, -0.1) is 0 Å². The number of nitrogens with zero attached hydrogens (tertiary/aromatic N) is 2. The van der Waals surface area contributed by atoms with Crippen LogP contribution in [0.25, 0.3) is 0 Å². The van der Waals surface area contributed by atoms with Crippen molar-refractivity contribution in [3.05, 3.63) is 35.9 Å². The third-order valence-corrected chi connectivity index (χ3v) is 4.78. The van der Waals surface area contributed by atoms with Crippen LogP contribution in [-0.4, -0.2) is 58.6 Å². The van der Waals surface area contributed by atoms with Crippen LogP contribution in [0.4, 0.5) is 4.79 Å². The summed E-state index contributed by atoms with van der Waals surface area (Å²) in [7, 11) is 0.430. The first kappa shape index (κ1) is 20.1. The summed E-state index contributed by atoms with van der Waals surface area (Å²) < 4.78 is 30.7. The van der Waals surface area contributed by atoms with E-state index in [2.05, 4.69) is 9.68 Å². The van der Waals surface area contributed by atoms with Crippen LogP contribution in [0.1, 0.15) is 24.3 Å². The van der Waals surface area contributed by atoms with Gasteiger partial charge in [-0.3, -0.25) is 9.69 Å². The van der Waals surface area contributed by atoms with Gasteiger partial charge in [-0.05, 0) is 18.4 Å². The smallest absolute Gasteiger partial charge is 0.323 e. The monoisotopic (exact) mass is 381 g/mol. The molecule has 1 aliphatic carbocycles. The summed E-state index contributed by atoms with van der Waals surface area (Å²) in [6.07, 6.45) is 1.31. The van der Waals surface area contributed by atoms with Gasteiger partial charge in [-0.25, -0.2) is 4.79 Å². The number of nitrogens with one attached hydrogen (secondary N) is 1. The molecule has 1 N–H and O–H groups in total. The predicted octanol–water partition coefficient (Wildman–Crippen LogP) is 1.43. The molecule has 3 unspecified atom stereocenters. The quantitative estimate of drug-likeness (QED) is 0.686. The van der Waals surface area contributed by atoms with Crippen LogP contribution in [0.2, 0.25) is 0 Å². The van der Waals surface area contributed by atoms with Crippen molar-refractivity contribution in [1.29, 1.82) is 0 Å². The number of carbonyl (C=O) groups is 2. The number of imide groups is 1. The fourth-order valence-electron chi connectivity index (χ4n) is 3.05. The average Bonchev–Trinajstić information content (AvgIpc) is 3.34. The molecular weight excluding hydrogens is 358 g/mol. The van der Waals surface area contributed by atoms with Gasteiger partial charge in [0, 0.05) is 33.2 Å². The van der Waals surface area contributed by atoms with E-state index in [1.807, 2.05) is 30.3 Å². The fourth-order valence-corrected chi connectivity index (χ4v) is 3.51. The number of amides is 3. The summed E-state index contributed by atoms with van der Waals surface area (Å²) in [4.78, 5) is 26.2. The van der Waals surface area contributed by atoms with Crippen molar-refractivity contribution in [3.63, 3.8) is 0 Å². The molecule has 1 fully saturated rings. The summed E-state index contributed by atoms with van der Waals surface area (Å²) in [6.45, 7) is 0.784. The molecule has 0 aliphatic heterocycles. The number of unbranched alkanes of at least 4 members (excludes halogenated alkanes) is 1. The molecule has 1 saturated carbocycles. The number of urea groups is 1. The Labute approximate surface area is 154 Å². The van der Waals surface area contributed by atoms with E-state index in [4.69, 9.17) is 4.74 Å². The molecule has 142 valence electrons. The van der Waals surface area contributed by atoms with Crippen molar-refractivity contribution in [2.24, 2.45) is 10.3 Å². The molecule has 0 aromatic heterocycles. The van der Waals surface area contributed by atoms with Crippen molar-refractivity contribution < 1.29 is 22.7 Å². The minimum Gasteiger partial charge on any atom is -0.385 e. The second kappa shape index (κ2) is 9.44. The summed E-state index contributed by atoms with van der Waals surface area (Å²) in [5.41, 5.74) is 0.835. The maximum absolute atomic E-state index is 12.9. The van der Waals surface area contributed by atoms with Gasteiger partial charge in [0.1, 0.15) is 0 Å². The van der Waals surface area contributed by atoms with E-state index in [0.717, 1.165) is 10.5 Å². The minimum absolute atomic E-state index is 0.243. The SMILES string of the molecule is CNC(=O)N(CCCCOC)C(=O)C1C(N=S(=O)=O)C1c1ccccc1. The third kappa shape index (κ3) is 4.89. The number of methoxy groups -OCH3 is 1. The highest BCUT2D eigenvalue weighted by atomic mass is 32.2. The Morgan fingerprint density at radius 3 is 2.50 bits per heavy atom. The summed E-state index contributed by atoms with van der Waals surface area (Å²) >= 11 is 0. The molecule has 0 saturated heterocycles. The van der Waals surface area contributed by atoms with E-state index in [9.17, 15) is 18.0 Å². The first-order chi connectivity index (χ1) is 12.5. The molecule has 1 aromatic rings. The lowest BCUT2D eigenvalue weighted by Gasteiger charge is -2.20. The highest BCUT2D eigenvalue weighted by Gasteiger charge is 2.58. The third-order valence-electron chi connectivity index (χ3n) is 4.36. The highest BCUT2D eigenvalue weighted by molar-refractivity contribution is 7.61. The number of ether oxygens (including phenoxy) is 1. The van der Waals surface area contributed by atoms with Gasteiger partial charge >= 0.3 is 16.5 Å². The fraction of sp³-hybridized carbons (Fsp3) is 0.529. The second-order valence-electron chi connectivity index (χ2n) is 6.02. The lowest BCUT2D eigenvalue weighted by molar-refractivity contribution is -0.129. The van der Waals surface area contributed by atoms with Gasteiger partial charge in [0.15, 0.2) is 0 Å². The molecule has 26 heavy (non-hydrogen) atoms. The van der Waals surface area contributed by atoms with Crippen molar-refractivity contribution in [1.82, 2.24) is 10.2 Å². The van der Waals surface area contributed by atoms with E-state index < -0.39 is 34.4 Å². The molecule has 2 rings (SSSR count). The van der Waals surface area contributed by atoms with Crippen LogP contribution in [0.5, 0.6) is 0 Å². The van der Waals surface area contributed by atoms with Crippen LogP contribution in [0.15, 0.2) is 34.7 Å². The molecule has 0 spiro atoms. The van der Waals surface area contributed by atoms with Crippen LogP contribution >= 0.6 is 0 Å². The normalized spacial score (nSPS) is 20.9. The molecular formula is C17H23N3O5S. The molecule has 9 heteroatoms. The first-order valence-electron chi connectivity index (χ1n) is 8.38. The van der Waals surface area contributed by atoms with Crippen LogP contribution in [0.3, 0.4) is 0 Å². The van der Waals surface area contributed by atoms with Gasteiger partial charge < -0.3 is 10.1 Å². The zero-order valence-corrected chi connectivity index (χ0v) is 15.6. The van der Waals surface area contributed by atoms with Gasteiger partial charge in [-0.2, -0.15) is 12.8 Å². The Kier molecular flexibility index (Phi) is 7.28. The van der Waals surface area contributed by atoms with E-state index in [-0.39, 0.29) is 12.5 Å². The number of hydrogen-bond donors (Lipinski definition) is 1. The van der Waals surface area contributed by atoms with Crippen LogP contribution in [0, 0.1) is 5.92 Å². The molecule has 8 nitrogen and oxygen atoms in total. The number of rotatable bonds is 8. The van der Waals surface area contributed by atoms with Crippen molar-refractivity contribution >= 4 is 22.4 Å². The Morgan fingerprint density at radius 2 is 1.92 bits per heavy atom. The van der Waals surface area contributed by atoms with Crippen LogP contribution < -0.4 is 5.32 Å². The van der Waals surface area contributed by atoms with E-state index in [1.54, 1.807) is 7.11 Å². The lowest BCUT2D eigenvalue weighted by atomic mass is 10.1. The molecule has 3 atom stereocenters. The molecule has 1 aromatic carbocycles. The Hall–Kier alpha value is -2.26. The number of carbonyl (C=O) groups excluding carboxylic acids is 2. The molecule has 0 heterocycles. The molecule has 3 amide bonds. The van der Waals surface area contributed by atoms with E-state index in [1.165, 1.54) is 7.05 Å². The van der Waals surface area contributed by atoms with Gasteiger partial charge in [-0.1, -0.05) is 30.3 Å². The van der Waals surface area contributed by atoms with Gasteiger partial charge in [0.2, 0.25) is 5.91 Å². The minimum atomic E-state index is -2.61. The van der Waals surface area contributed by atoms with E-state index >= 15 is 0 Å². The maximum Gasteiger partial charge on any atom is 0.323 e. The molecule has 0 radical (unpaired) electrons. The average molecular weight is 381 g/mol. The lowest BCUT2D eigenvalue weighted by Crippen LogP contribution is -2.44. The summed E-state index contributed by atoms with van der Waals surface area (Å²) in [6, 6.07) is 7.97. The van der Waals surface area contributed by atoms with Crippen molar-refractivity contribution in [3.8, 4) is 0 Å². The van der Waals surface area contributed by atoms with Crippen molar-refractivity contribution in [2.75, 3.05) is 27.3 Å². The summed E-state index contributed by atoms with van der Waals surface area (Å²) in [5.74, 6) is -1.41. The highest BCUT2D eigenvalue weighted by Crippen LogP contribution is 2.51.